The molecule has 74 valence electrons. The average molecular weight is 185 g/mol. The first kappa shape index (κ1) is 8.97. The van der Waals surface area contributed by atoms with E-state index in [1.54, 1.807) is 0 Å². The van der Waals surface area contributed by atoms with Crippen molar-refractivity contribution in [3.8, 4) is 0 Å². The molecule has 0 aromatic heterocycles. The molecule has 4 heteroatoms. The van der Waals surface area contributed by atoms with Gasteiger partial charge in [-0.2, -0.15) is 0 Å². The summed E-state index contributed by atoms with van der Waals surface area (Å²) in [4.78, 5) is 10.8. The number of hydrogen-bond acceptors (Lipinski definition) is 3. The topological polar surface area (TPSA) is 58.6 Å². The zero-order valence-corrected chi connectivity index (χ0v) is 7.58. The number of carbonyl (C=O) groups is 1. The van der Waals surface area contributed by atoms with E-state index < -0.39 is 5.97 Å². The minimum atomic E-state index is -0.670. The molecule has 2 aliphatic heterocycles. The highest BCUT2D eigenvalue weighted by atomic mass is 16.5. The molecule has 1 spiro atoms. The molecule has 2 fully saturated rings. The number of hydrogen-bond donors (Lipinski definition) is 2. The van der Waals surface area contributed by atoms with Crippen molar-refractivity contribution in [1.82, 2.24) is 5.32 Å². The lowest BCUT2D eigenvalue weighted by Crippen LogP contribution is -2.44. The Hall–Kier alpha value is -0.610. The van der Waals surface area contributed by atoms with Crippen molar-refractivity contribution in [2.75, 3.05) is 19.8 Å². The molecule has 0 aromatic rings. The first-order valence-electron chi connectivity index (χ1n) is 4.77. The molecule has 2 aliphatic rings. The standard InChI is InChI=1S/C9H15NO3/c11-8(12)7-5-9(10-6-7)1-3-13-4-2-9/h7,10H,1-6H2,(H,11,12). The van der Waals surface area contributed by atoms with Gasteiger partial charge >= 0.3 is 5.97 Å². The van der Waals surface area contributed by atoms with Crippen LogP contribution < -0.4 is 5.32 Å². The SMILES string of the molecule is O=C(O)C1CNC2(CCOCC2)C1. The predicted octanol–water partition coefficient (Wildman–Crippen LogP) is 0.230. The Morgan fingerprint density at radius 3 is 2.69 bits per heavy atom. The van der Waals surface area contributed by atoms with Crippen LogP contribution in [0.3, 0.4) is 0 Å². The minimum absolute atomic E-state index is 0.0707. The lowest BCUT2D eigenvalue weighted by molar-refractivity contribution is -0.141. The molecular formula is C9H15NO3. The van der Waals surface area contributed by atoms with Gasteiger partial charge in [0, 0.05) is 25.3 Å². The smallest absolute Gasteiger partial charge is 0.307 e. The number of carboxylic acid groups (broad SMARTS) is 1. The minimum Gasteiger partial charge on any atom is -0.481 e. The quantitative estimate of drug-likeness (QED) is 0.614. The molecule has 2 N–H and O–H groups in total. The summed E-state index contributed by atoms with van der Waals surface area (Å²) in [6.07, 6.45) is 2.68. The number of nitrogens with one attached hydrogen (secondary N) is 1. The van der Waals surface area contributed by atoms with E-state index in [2.05, 4.69) is 5.32 Å². The maximum Gasteiger partial charge on any atom is 0.307 e. The summed E-state index contributed by atoms with van der Waals surface area (Å²) in [5.74, 6) is -0.867. The normalized spacial score (nSPS) is 32.2. The largest absolute Gasteiger partial charge is 0.481 e. The fourth-order valence-electron chi connectivity index (χ4n) is 2.27. The van der Waals surface area contributed by atoms with Gasteiger partial charge in [0.15, 0.2) is 0 Å². The maximum absolute atomic E-state index is 10.8. The second-order valence-corrected chi connectivity index (χ2v) is 4.01. The first-order chi connectivity index (χ1) is 6.22. The van der Waals surface area contributed by atoms with E-state index in [1.807, 2.05) is 0 Å². The number of ether oxygens (including phenoxy) is 1. The summed E-state index contributed by atoms with van der Waals surface area (Å²) in [5.41, 5.74) is 0.0707. The maximum atomic E-state index is 10.8. The van der Waals surface area contributed by atoms with Gasteiger partial charge in [0.25, 0.3) is 0 Å². The Labute approximate surface area is 77.3 Å². The van der Waals surface area contributed by atoms with Crippen molar-refractivity contribution in [3.63, 3.8) is 0 Å². The molecule has 0 aliphatic carbocycles. The van der Waals surface area contributed by atoms with Crippen molar-refractivity contribution < 1.29 is 14.6 Å². The lowest BCUT2D eigenvalue weighted by Gasteiger charge is -2.33. The fourth-order valence-corrected chi connectivity index (χ4v) is 2.27. The van der Waals surface area contributed by atoms with Crippen molar-refractivity contribution >= 4 is 5.97 Å². The van der Waals surface area contributed by atoms with Crippen molar-refractivity contribution in [3.05, 3.63) is 0 Å². The zero-order chi connectivity index (χ0) is 9.31. The van der Waals surface area contributed by atoms with E-state index in [1.165, 1.54) is 0 Å². The summed E-state index contributed by atoms with van der Waals surface area (Å²) >= 11 is 0. The lowest BCUT2D eigenvalue weighted by atomic mass is 9.86. The van der Waals surface area contributed by atoms with Crippen molar-refractivity contribution in [2.45, 2.75) is 24.8 Å². The zero-order valence-electron chi connectivity index (χ0n) is 7.58. The van der Waals surface area contributed by atoms with Crippen LogP contribution in [-0.2, 0) is 9.53 Å². The molecular weight excluding hydrogens is 170 g/mol. The van der Waals surface area contributed by atoms with E-state index in [9.17, 15) is 4.79 Å². The summed E-state index contributed by atoms with van der Waals surface area (Å²) in [6, 6.07) is 0. The van der Waals surface area contributed by atoms with E-state index in [4.69, 9.17) is 9.84 Å². The van der Waals surface area contributed by atoms with Gasteiger partial charge < -0.3 is 15.2 Å². The van der Waals surface area contributed by atoms with Crippen LogP contribution in [0.4, 0.5) is 0 Å². The molecule has 0 radical (unpaired) electrons. The van der Waals surface area contributed by atoms with E-state index in [-0.39, 0.29) is 11.5 Å². The summed E-state index contributed by atoms with van der Waals surface area (Å²) < 4.78 is 5.26. The molecule has 4 nitrogen and oxygen atoms in total. The van der Waals surface area contributed by atoms with Crippen molar-refractivity contribution in [1.29, 1.82) is 0 Å². The molecule has 0 amide bonds. The number of aliphatic carboxylic acids is 1. The summed E-state index contributed by atoms with van der Waals surface area (Å²) in [5, 5.41) is 12.2. The molecule has 2 saturated heterocycles. The highest BCUT2D eigenvalue weighted by molar-refractivity contribution is 5.71. The van der Waals surface area contributed by atoms with Gasteiger partial charge in [-0.25, -0.2) is 0 Å². The fraction of sp³-hybridized carbons (Fsp3) is 0.889. The highest BCUT2D eigenvalue weighted by Crippen LogP contribution is 2.32. The van der Waals surface area contributed by atoms with Crippen LogP contribution in [0.2, 0.25) is 0 Å². The molecule has 0 saturated carbocycles. The molecule has 1 atom stereocenters. The van der Waals surface area contributed by atoms with Gasteiger partial charge in [-0.1, -0.05) is 0 Å². The molecule has 0 bridgehead atoms. The van der Waals surface area contributed by atoms with Gasteiger partial charge in [0.2, 0.25) is 0 Å². The van der Waals surface area contributed by atoms with E-state index >= 15 is 0 Å². The second-order valence-electron chi connectivity index (χ2n) is 4.01. The Bertz CT molecular complexity index is 211. The molecule has 1 unspecified atom stereocenters. The number of rotatable bonds is 1. The molecule has 2 rings (SSSR count). The number of carboxylic acids is 1. The predicted molar refractivity (Wildman–Crippen MR) is 46.5 cm³/mol. The van der Waals surface area contributed by atoms with E-state index in [0.717, 1.165) is 32.5 Å². The van der Waals surface area contributed by atoms with Crippen LogP contribution in [0.25, 0.3) is 0 Å². The monoisotopic (exact) mass is 185 g/mol. The molecule has 0 aromatic carbocycles. The first-order valence-corrected chi connectivity index (χ1v) is 4.77. The molecule has 2 heterocycles. The Morgan fingerprint density at radius 2 is 2.15 bits per heavy atom. The van der Waals surface area contributed by atoms with Crippen molar-refractivity contribution in [2.24, 2.45) is 5.92 Å². The average Bonchev–Trinajstić information content (AvgIpc) is 2.51. The summed E-state index contributed by atoms with van der Waals surface area (Å²) in [6.45, 7) is 2.15. The van der Waals surface area contributed by atoms with Crippen LogP contribution in [0, 0.1) is 5.92 Å². The van der Waals surface area contributed by atoms with Gasteiger partial charge in [-0.3, -0.25) is 4.79 Å². The van der Waals surface area contributed by atoms with E-state index in [0.29, 0.717) is 6.54 Å². The van der Waals surface area contributed by atoms with Gasteiger partial charge in [-0.15, -0.1) is 0 Å². The summed E-state index contributed by atoms with van der Waals surface area (Å²) in [7, 11) is 0. The highest BCUT2D eigenvalue weighted by Gasteiger charge is 2.42. The van der Waals surface area contributed by atoms with Crippen LogP contribution in [-0.4, -0.2) is 36.4 Å². The Morgan fingerprint density at radius 1 is 1.46 bits per heavy atom. The third-order valence-corrected chi connectivity index (χ3v) is 3.16. The van der Waals surface area contributed by atoms with Crippen LogP contribution in [0.5, 0.6) is 0 Å². The Balaban J connectivity index is 1.98. The van der Waals surface area contributed by atoms with Gasteiger partial charge in [0.1, 0.15) is 0 Å². The van der Waals surface area contributed by atoms with Gasteiger partial charge in [0.05, 0.1) is 5.92 Å². The Kier molecular flexibility index (Phi) is 2.26. The van der Waals surface area contributed by atoms with Crippen LogP contribution in [0.1, 0.15) is 19.3 Å². The molecule has 13 heavy (non-hydrogen) atoms. The second kappa shape index (κ2) is 3.27. The van der Waals surface area contributed by atoms with Crippen LogP contribution >= 0.6 is 0 Å². The third kappa shape index (κ3) is 1.69. The third-order valence-electron chi connectivity index (χ3n) is 3.16. The van der Waals surface area contributed by atoms with Gasteiger partial charge in [-0.05, 0) is 19.3 Å². The van der Waals surface area contributed by atoms with Crippen LogP contribution in [0.15, 0.2) is 0 Å².